The van der Waals surface area contributed by atoms with E-state index >= 15 is 0 Å². The highest BCUT2D eigenvalue weighted by atomic mass is 16.3. The van der Waals surface area contributed by atoms with Crippen LogP contribution in [0.4, 0.5) is 0 Å². The second-order valence-electron chi connectivity index (χ2n) is 14.4. The third-order valence-electron chi connectivity index (χ3n) is 11.3. The lowest BCUT2D eigenvalue weighted by atomic mass is 9.81. The molecule has 0 spiro atoms. The van der Waals surface area contributed by atoms with Crippen LogP contribution < -0.4 is 0 Å². The Kier molecular flexibility index (Phi) is 5.76. The van der Waals surface area contributed by atoms with E-state index in [9.17, 15) is 0 Å². The molecule has 0 saturated heterocycles. The smallest absolute Gasteiger partial charge is 0.136 e. The molecule has 2 aromatic heterocycles. The van der Waals surface area contributed by atoms with Gasteiger partial charge in [-0.15, -0.1) is 0 Å². The normalized spacial score (nSPS) is 13.5. The van der Waals surface area contributed by atoms with Crippen molar-refractivity contribution in [3.63, 3.8) is 0 Å². The molecule has 0 radical (unpaired) electrons. The molecule has 2 nitrogen and oxygen atoms in total. The summed E-state index contributed by atoms with van der Waals surface area (Å²) >= 11 is 0. The molecule has 0 bridgehead atoms. The summed E-state index contributed by atoms with van der Waals surface area (Å²) in [5.74, 6) is 0.884. The first kappa shape index (κ1) is 28.5. The zero-order chi connectivity index (χ0) is 33.8. The zero-order valence-electron chi connectivity index (χ0n) is 28.3. The van der Waals surface area contributed by atoms with E-state index in [1.54, 1.807) is 0 Å². The van der Waals surface area contributed by atoms with Crippen LogP contribution in [0.5, 0.6) is 0 Å². The van der Waals surface area contributed by atoms with E-state index in [2.05, 4.69) is 153 Å². The number of para-hydroxylation sites is 2. The summed E-state index contributed by atoms with van der Waals surface area (Å²) in [4.78, 5) is 0. The summed E-state index contributed by atoms with van der Waals surface area (Å²) in [5, 5.41) is 8.48. The van der Waals surface area contributed by atoms with Crippen LogP contribution in [0.2, 0.25) is 0 Å². The molecule has 1 aliphatic rings. The fourth-order valence-electron chi connectivity index (χ4n) is 8.89. The van der Waals surface area contributed by atoms with E-state index in [-0.39, 0.29) is 5.41 Å². The molecule has 2 heterocycles. The molecule has 240 valence electrons. The fourth-order valence-corrected chi connectivity index (χ4v) is 8.89. The molecule has 10 aromatic rings. The van der Waals surface area contributed by atoms with Crippen LogP contribution in [0.25, 0.3) is 99.2 Å². The van der Waals surface area contributed by atoms with Crippen LogP contribution in [-0.2, 0) is 5.41 Å². The SMILES string of the molecule is CC1(C)c2ccc(-c3c4ccccc4c(-c4ccc(-c5cc6ccccc6o5)cc4)c4ccccc34)cc2-c2c1ccc1oc3ccccc3c21. The van der Waals surface area contributed by atoms with E-state index in [0.29, 0.717) is 0 Å². The van der Waals surface area contributed by atoms with Crippen LogP contribution in [0, 0.1) is 0 Å². The van der Waals surface area contributed by atoms with E-state index in [1.165, 1.54) is 76.8 Å². The Morgan fingerprint density at radius 1 is 0.392 bits per heavy atom. The maximum absolute atomic E-state index is 6.39. The minimum absolute atomic E-state index is 0.127. The van der Waals surface area contributed by atoms with Gasteiger partial charge in [-0.2, -0.15) is 0 Å². The summed E-state index contributed by atoms with van der Waals surface area (Å²) in [6.45, 7) is 4.70. The first-order valence-electron chi connectivity index (χ1n) is 17.7. The van der Waals surface area contributed by atoms with Gasteiger partial charge in [-0.05, 0) is 96.4 Å². The average molecular weight is 653 g/mol. The van der Waals surface area contributed by atoms with Crippen molar-refractivity contribution in [3.8, 4) is 44.7 Å². The Labute approximate surface area is 295 Å². The van der Waals surface area contributed by atoms with Crippen LogP contribution in [0.3, 0.4) is 0 Å². The highest BCUT2D eigenvalue weighted by molar-refractivity contribution is 6.22. The minimum Gasteiger partial charge on any atom is -0.456 e. The number of fused-ring (bicyclic) bond motifs is 10. The summed E-state index contributed by atoms with van der Waals surface area (Å²) in [5.41, 5.74) is 14.0. The fraction of sp³-hybridized carbons (Fsp3) is 0.0612. The monoisotopic (exact) mass is 652 g/mol. The van der Waals surface area contributed by atoms with Gasteiger partial charge in [0.2, 0.25) is 0 Å². The highest BCUT2D eigenvalue weighted by Crippen LogP contribution is 2.54. The Balaban J connectivity index is 1.13. The van der Waals surface area contributed by atoms with Crippen molar-refractivity contribution >= 4 is 54.5 Å². The first-order valence-corrected chi connectivity index (χ1v) is 17.7. The van der Waals surface area contributed by atoms with Crippen molar-refractivity contribution < 1.29 is 8.83 Å². The number of furan rings is 2. The molecule has 0 N–H and O–H groups in total. The highest BCUT2D eigenvalue weighted by Gasteiger charge is 2.37. The van der Waals surface area contributed by atoms with Gasteiger partial charge in [-0.1, -0.05) is 141 Å². The minimum atomic E-state index is -0.127. The van der Waals surface area contributed by atoms with Crippen LogP contribution in [-0.4, -0.2) is 0 Å². The van der Waals surface area contributed by atoms with E-state index < -0.39 is 0 Å². The molecule has 0 unspecified atom stereocenters. The quantitative estimate of drug-likeness (QED) is 0.178. The van der Waals surface area contributed by atoms with Gasteiger partial charge in [0.1, 0.15) is 22.5 Å². The lowest BCUT2D eigenvalue weighted by Crippen LogP contribution is -2.14. The number of benzene rings is 8. The molecule has 0 atom stereocenters. The number of hydrogen-bond donors (Lipinski definition) is 0. The molecule has 0 saturated carbocycles. The molecular weight excluding hydrogens is 621 g/mol. The standard InChI is InChI=1S/C49H32O2/c1-49(2)39-24-23-32(27-38(39)47-40(49)25-26-43-48(47)37-16-8-10-18-42(37)51-43)46-35-14-6-4-12-33(35)45(34-13-5-7-15-36(34)46)30-21-19-29(20-22-30)44-28-31-11-3-9-17-41(31)50-44/h3-28H,1-2H3. The molecule has 1 aliphatic carbocycles. The number of rotatable bonds is 3. The Hall–Kier alpha value is -6.38. The number of hydrogen-bond acceptors (Lipinski definition) is 2. The third-order valence-corrected chi connectivity index (χ3v) is 11.3. The van der Waals surface area contributed by atoms with Gasteiger partial charge in [-0.3, -0.25) is 0 Å². The zero-order valence-corrected chi connectivity index (χ0v) is 28.3. The van der Waals surface area contributed by atoms with Crippen molar-refractivity contribution in [2.24, 2.45) is 0 Å². The average Bonchev–Trinajstić information content (AvgIpc) is 3.84. The second-order valence-corrected chi connectivity index (χ2v) is 14.4. The summed E-state index contributed by atoms with van der Waals surface area (Å²) < 4.78 is 12.6. The lowest BCUT2D eigenvalue weighted by molar-refractivity contribution is 0.631. The Bertz CT molecular complexity index is 2950. The van der Waals surface area contributed by atoms with Crippen LogP contribution in [0.15, 0.2) is 167 Å². The molecular formula is C49H32O2. The maximum atomic E-state index is 6.39. The van der Waals surface area contributed by atoms with Crippen LogP contribution in [0.1, 0.15) is 25.0 Å². The van der Waals surface area contributed by atoms with Gasteiger partial charge in [-0.25, -0.2) is 0 Å². The first-order chi connectivity index (χ1) is 25.0. The van der Waals surface area contributed by atoms with Crippen molar-refractivity contribution in [1.82, 2.24) is 0 Å². The third kappa shape index (κ3) is 3.99. The molecule has 11 rings (SSSR count). The maximum Gasteiger partial charge on any atom is 0.136 e. The van der Waals surface area contributed by atoms with Crippen molar-refractivity contribution in [2.45, 2.75) is 19.3 Å². The summed E-state index contributed by atoms with van der Waals surface area (Å²) in [6.07, 6.45) is 0. The topological polar surface area (TPSA) is 26.3 Å². The lowest BCUT2D eigenvalue weighted by Gasteiger charge is -2.22. The predicted molar refractivity (Wildman–Crippen MR) is 212 cm³/mol. The van der Waals surface area contributed by atoms with E-state index in [1.807, 2.05) is 18.2 Å². The van der Waals surface area contributed by atoms with Gasteiger partial charge in [0.05, 0.1) is 0 Å². The Morgan fingerprint density at radius 3 is 1.63 bits per heavy atom. The predicted octanol–water partition coefficient (Wildman–Crippen LogP) is 13.9. The van der Waals surface area contributed by atoms with Gasteiger partial charge < -0.3 is 8.83 Å². The summed E-state index contributed by atoms with van der Waals surface area (Å²) in [7, 11) is 0. The molecule has 51 heavy (non-hydrogen) atoms. The van der Waals surface area contributed by atoms with E-state index in [4.69, 9.17) is 8.83 Å². The Morgan fingerprint density at radius 2 is 0.941 bits per heavy atom. The molecule has 0 amide bonds. The van der Waals surface area contributed by atoms with Crippen LogP contribution >= 0.6 is 0 Å². The summed E-state index contributed by atoms with van der Waals surface area (Å²) in [6, 6.07) is 57.0. The molecule has 0 aliphatic heterocycles. The van der Waals surface area contributed by atoms with Gasteiger partial charge in [0, 0.05) is 27.1 Å². The van der Waals surface area contributed by atoms with Gasteiger partial charge in [0.25, 0.3) is 0 Å². The molecule has 2 heteroatoms. The molecule has 8 aromatic carbocycles. The molecule has 0 fully saturated rings. The van der Waals surface area contributed by atoms with Crippen molar-refractivity contribution in [2.75, 3.05) is 0 Å². The van der Waals surface area contributed by atoms with E-state index in [0.717, 1.165) is 33.5 Å². The van der Waals surface area contributed by atoms with Crippen molar-refractivity contribution in [1.29, 1.82) is 0 Å². The second kappa shape index (κ2) is 10.3. The largest absolute Gasteiger partial charge is 0.456 e. The van der Waals surface area contributed by atoms with Gasteiger partial charge >= 0.3 is 0 Å². The van der Waals surface area contributed by atoms with Gasteiger partial charge in [0.15, 0.2) is 0 Å². The van der Waals surface area contributed by atoms with Crippen molar-refractivity contribution in [3.05, 3.63) is 169 Å².